The van der Waals surface area contributed by atoms with Gasteiger partial charge in [0, 0.05) is 6.04 Å². The molecule has 0 aromatic carbocycles. The quantitative estimate of drug-likeness (QED) is 0.748. The summed E-state index contributed by atoms with van der Waals surface area (Å²) in [6.45, 7) is 3.85. The molecule has 0 radical (unpaired) electrons. The van der Waals surface area contributed by atoms with Crippen LogP contribution in [0.25, 0.3) is 0 Å². The summed E-state index contributed by atoms with van der Waals surface area (Å²) in [5.74, 6) is -0.972. The van der Waals surface area contributed by atoms with Gasteiger partial charge in [0.15, 0.2) is 0 Å². The van der Waals surface area contributed by atoms with Crippen LogP contribution in [0, 0.1) is 5.95 Å². The van der Waals surface area contributed by atoms with Gasteiger partial charge >= 0.3 is 0 Å². The number of amides is 1. The third-order valence-corrected chi connectivity index (χ3v) is 1.94. The summed E-state index contributed by atoms with van der Waals surface area (Å²) in [7, 11) is 0. The molecule has 1 unspecified atom stereocenters. The number of hydrogen-bond acceptors (Lipinski definition) is 2. The number of rotatable bonds is 3. The van der Waals surface area contributed by atoms with E-state index in [-0.39, 0.29) is 17.6 Å². The highest BCUT2D eigenvalue weighted by Crippen LogP contribution is 1.99. The van der Waals surface area contributed by atoms with Gasteiger partial charge in [-0.25, -0.2) is 4.98 Å². The summed E-state index contributed by atoms with van der Waals surface area (Å²) >= 11 is 0. The van der Waals surface area contributed by atoms with Crippen molar-refractivity contribution in [2.24, 2.45) is 0 Å². The van der Waals surface area contributed by atoms with Crippen LogP contribution in [0.4, 0.5) is 4.39 Å². The van der Waals surface area contributed by atoms with E-state index in [2.05, 4.69) is 10.3 Å². The number of carbonyl (C=O) groups excluding carboxylic acids is 1. The van der Waals surface area contributed by atoms with Crippen molar-refractivity contribution in [1.29, 1.82) is 0 Å². The van der Waals surface area contributed by atoms with E-state index >= 15 is 0 Å². The van der Waals surface area contributed by atoms with Crippen LogP contribution >= 0.6 is 0 Å². The molecule has 1 amide bonds. The second kappa shape index (κ2) is 4.69. The molecule has 0 aliphatic heterocycles. The van der Waals surface area contributed by atoms with Crippen molar-refractivity contribution < 1.29 is 9.18 Å². The number of hydrogen-bond donors (Lipinski definition) is 1. The molecule has 0 fully saturated rings. The molecule has 3 nitrogen and oxygen atoms in total. The average molecular weight is 196 g/mol. The lowest BCUT2D eigenvalue weighted by atomic mass is 10.2. The van der Waals surface area contributed by atoms with Gasteiger partial charge in [-0.2, -0.15) is 4.39 Å². The molecule has 0 aliphatic carbocycles. The largest absolute Gasteiger partial charge is 0.348 e. The summed E-state index contributed by atoms with van der Waals surface area (Å²) < 4.78 is 12.7. The first kappa shape index (κ1) is 10.6. The van der Waals surface area contributed by atoms with E-state index in [9.17, 15) is 9.18 Å². The van der Waals surface area contributed by atoms with Gasteiger partial charge in [0.25, 0.3) is 5.91 Å². The van der Waals surface area contributed by atoms with Crippen molar-refractivity contribution >= 4 is 5.91 Å². The lowest BCUT2D eigenvalue weighted by Gasteiger charge is -2.10. The Labute approximate surface area is 82.4 Å². The number of nitrogens with one attached hydrogen (secondary N) is 1. The highest BCUT2D eigenvalue weighted by atomic mass is 19.1. The van der Waals surface area contributed by atoms with Gasteiger partial charge in [-0.15, -0.1) is 0 Å². The maximum atomic E-state index is 12.7. The van der Waals surface area contributed by atoms with Crippen molar-refractivity contribution in [3.8, 4) is 0 Å². The van der Waals surface area contributed by atoms with E-state index in [0.717, 1.165) is 6.42 Å². The average Bonchev–Trinajstić information content (AvgIpc) is 2.17. The standard InChI is InChI=1S/C10H13FN2O/c1-3-7(2)12-10(14)8-5-4-6-9(11)13-8/h4-7H,3H2,1-2H3,(H,12,14). The second-order valence-corrected chi connectivity index (χ2v) is 3.13. The normalized spacial score (nSPS) is 12.2. The summed E-state index contributed by atoms with van der Waals surface area (Å²) in [6.07, 6.45) is 0.834. The minimum Gasteiger partial charge on any atom is -0.348 e. The summed E-state index contributed by atoms with van der Waals surface area (Å²) in [4.78, 5) is 14.9. The molecule has 1 aromatic rings. The minimum absolute atomic E-state index is 0.0765. The van der Waals surface area contributed by atoms with Crippen LogP contribution in [0.5, 0.6) is 0 Å². The van der Waals surface area contributed by atoms with E-state index in [1.165, 1.54) is 18.2 Å². The maximum absolute atomic E-state index is 12.7. The molecule has 1 aromatic heterocycles. The molecule has 4 heteroatoms. The van der Waals surface area contributed by atoms with Crippen LogP contribution in [-0.4, -0.2) is 16.9 Å². The third-order valence-electron chi connectivity index (χ3n) is 1.94. The fourth-order valence-electron chi connectivity index (χ4n) is 0.935. The molecule has 1 rings (SSSR count). The van der Waals surface area contributed by atoms with E-state index in [1.54, 1.807) is 0 Å². The van der Waals surface area contributed by atoms with E-state index in [4.69, 9.17) is 0 Å². The summed E-state index contributed by atoms with van der Waals surface area (Å²) in [6, 6.07) is 4.24. The van der Waals surface area contributed by atoms with Gasteiger partial charge < -0.3 is 5.32 Å². The zero-order chi connectivity index (χ0) is 10.6. The molecule has 0 aliphatic rings. The zero-order valence-electron chi connectivity index (χ0n) is 8.25. The van der Waals surface area contributed by atoms with Crippen LogP contribution in [0.15, 0.2) is 18.2 Å². The Morgan fingerprint density at radius 3 is 2.93 bits per heavy atom. The molecule has 0 saturated carbocycles. The molecule has 1 N–H and O–H groups in total. The maximum Gasteiger partial charge on any atom is 0.270 e. The van der Waals surface area contributed by atoms with Gasteiger partial charge in [-0.3, -0.25) is 4.79 Å². The number of carbonyl (C=O) groups is 1. The Morgan fingerprint density at radius 2 is 2.36 bits per heavy atom. The lowest BCUT2D eigenvalue weighted by molar-refractivity contribution is 0.0933. The van der Waals surface area contributed by atoms with Crippen molar-refractivity contribution in [2.75, 3.05) is 0 Å². The summed E-state index contributed by atoms with van der Waals surface area (Å²) in [5, 5.41) is 2.70. The van der Waals surface area contributed by atoms with Crippen molar-refractivity contribution in [3.63, 3.8) is 0 Å². The van der Waals surface area contributed by atoms with Gasteiger partial charge in [-0.1, -0.05) is 13.0 Å². The Bertz CT molecular complexity index is 328. The van der Waals surface area contributed by atoms with Crippen LogP contribution in [-0.2, 0) is 0 Å². The fraction of sp³-hybridized carbons (Fsp3) is 0.400. The Morgan fingerprint density at radius 1 is 1.64 bits per heavy atom. The van der Waals surface area contributed by atoms with Crippen molar-refractivity contribution in [3.05, 3.63) is 29.8 Å². The van der Waals surface area contributed by atoms with Crippen molar-refractivity contribution in [1.82, 2.24) is 10.3 Å². The molecule has 0 spiro atoms. The molecule has 1 heterocycles. The Kier molecular flexibility index (Phi) is 3.56. The van der Waals surface area contributed by atoms with Crippen LogP contribution < -0.4 is 5.32 Å². The molecule has 76 valence electrons. The topological polar surface area (TPSA) is 42.0 Å². The molecule has 1 atom stereocenters. The van der Waals surface area contributed by atoms with Gasteiger partial charge in [0.05, 0.1) is 0 Å². The zero-order valence-corrected chi connectivity index (χ0v) is 8.25. The molecular formula is C10H13FN2O. The third kappa shape index (κ3) is 2.80. The van der Waals surface area contributed by atoms with Gasteiger partial charge in [-0.05, 0) is 25.5 Å². The summed E-state index contributed by atoms with van der Waals surface area (Å²) in [5.41, 5.74) is 0.116. The molecule has 0 saturated heterocycles. The number of pyridine rings is 1. The number of aromatic nitrogens is 1. The first-order chi connectivity index (χ1) is 6.63. The van der Waals surface area contributed by atoms with Crippen LogP contribution in [0.3, 0.4) is 0 Å². The highest BCUT2D eigenvalue weighted by Gasteiger charge is 2.09. The lowest BCUT2D eigenvalue weighted by Crippen LogP contribution is -2.32. The number of halogens is 1. The van der Waals surface area contributed by atoms with E-state index in [1.807, 2.05) is 13.8 Å². The van der Waals surface area contributed by atoms with Crippen LogP contribution in [0.2, 0.25) is 0 Å². The second-order valence-electron chi connectivity index (χ2n) is 3.13. The predicted molar refractivity (Wildman–Crippen MR) is 51.4 cm³/mol. The molecule has 14 heavy (non-hydrogen) atoms. The first-order valence-corrected chi connectivity index (χ1v) is 4.57. The minimum atomic E-state index is -0.637. The monoisotopic (exact) mass is 196 g/mol. The Hall–Kier alpha value is -1.45. The highest BCUT2D eigenvalue weighted by molar-refractivity contribution is 5.92. The van der Waals surface area contributed by atoms with Gasteiger partial charge in [0.1, 0.15) is 5.69 Å². The molecule has 0 bridgehead atoms. The van der Waals surface area contributed by atoms with Crippen molar-refractivity contribution in [2.45, 2.75) is 26.3 Å². The van der Waals surface area contributed by atoms with E-state index in [0.29, 0.717) is 0 Å². The fourth-order valence-corrected chi connectivity index (χ4v) is 0.935. The van der Waals surface area contributed by atoms with Gasteiger partial charge in [0.2, 0.25) is 5.95 Å². The SMILES string of the molecule is CCC(C)NC(=O)c1cccc(F)n1. The number of nitrogens with zero attached hydrogens (tertiary/aromatic N) is 1. The van der Waals surface area contributed by atoms with E-state index < -0.39 is 5.95 Å². The predicted octanol–water partition coefficient (Wildman–Crippen LogP) is 1.75. The van der Waals surface area contributed by atoms with Crippen LogP contribution in [0.1, 0.15) is 30.8 Å². The first-order valence-electron chi connectivity index (χ1n) is 4.57. The molecular weight excluding hydrogens is 183 g/mol. The smallest absolute Gasteiger partial charge is 0.270 e. The Balaban J connectivity index is 2.70.